The highest BCUT2D eigenvalue weighted by atomic mass is 16.5. The molecular weight excluding hydrogens is 306 g/mol. The van der Waals surface area contributed by atoms with Gasteiger partial charge in [0.2, 0.25) is 0 Å². The Hall–Kier alpha value is -2.08. The van der Waals surface area contributed by atoms with Crippen LogP contribution in [0.15, 0.2) is 29.3 Å². The van der Waals surface area contributed by atoms with E-state index in [1.165, 1.54) is 12.8 Å². The number of nitrogens with one attached hydrogen (secondary N) is 1. The number of carbonyl (C=O) groups is 1. The van der Waals surface area contributed by atoms with Gasteiger partial charge >= 0.3 is 0 Å². The fourth-order valence-electron chi connectivity index (χ4n) is 2.56. The van der Waals surface area contributed by atoms with E-state index in [2.05, 4.69) is 15.2 Å². The van der Waals surface area contributed by atoms with Crippen molar-refractivity contribution in [3.05, 3.63) is 29.8 Å². The first-order valence-electron chi connectivity index (χ1n) is 8.47. The van der Waals surface area contributed by atoms with Gasteiger partial charge in [0.15, 0.2) is 0 Å². The normalized spacial score (nSPS) is 15.6. The molecule has 2 rings (SSSR count). The van der Waals surface area contributed by atoms with Gasteiger partial charge < -0.3 is 14.4 Å². The summed E-state index contributed by atoms with van der Waals surface area (Å²) in [6, 6.07) is 7.27. The second kappa shape index (κ2) is 9.27. The zero-order valence-corrected chi connectivity index (χ0v) is 14.7. The van der Waals surface area contributed by atoms with Gasteiger partial charge in [0, 0.05) is 12.1 Å². The van der Waals surface area contributed by atoms with E-state index < -0.39 is 0 Å². The maximum Gasteiger partial charge on any atom is 0.291 e. The zero-order chi connectivity index (χ0) is 17.4. The molecule has 0 spiro atoms. The van der Waals surface area contributed by atoms with Crippen molar-refractivity contribution >= 4 is 11.9 Å². The highest BCUT2D eigenvalue weighted by molar-refractivity contribution is 6.04. The fourth-order valence-corrected chi connectivity index (χ4v) is 2.56. The highest BCUT2D eigenvalue weighted by Crippen LogP contribution is 2.12. The third kappa shape index (κ3) is 5.85. The monoisotopic (exact) mass is 333 g/mol. The topological polar surface area (TPSA) is 63.2 Å². The van der Waals surface area contributed by atoms with Gasteiger partial charge in [-0.2, -0.15) is 0 Å². The average molecular weight is 333 g/mol. The van der Waals surface area contributed by atoms with Gasteiger partial charge in [0.05, 0.1) is 19.8 Å². The summed E-state index contributed by atoms with van der Waals surface area (Å²) in [5.74, 6) is 0.384. The minimum atomic E-state index is -0.255. The number of amides is 1. The highest BCUT2D eigenvalue weighted by Gasteiger charge is 2.13. The number of ether oxygens (including phenoxy) is 2. The molecule has 24 heavy (non-hydrogen) atoms. The molecule has 1 fully saturated rings. The van der Waals surface area contributed by atoms with Crippen molar-refractivity contribution in [2.45, 2.75) is 32.8 Å². The maximum absolute atomic E-state index is 12.4. The summed E-state index contributed by atoms with van der Waals surface area (Å²) in [7, 11) is 1.57. The number of hydrogen-bond donors (Lipinski definition) is 1. The van der Waals surface area contributed by atoms with Crippen LogP contribution in [0.3, 0.4) is 0 Å². The number of methoxy groups -OCH3 is 1. The summed E-state index contributed by atoms with van der Waals surface area (Å²) in [6.07, 6.45) is 2.46. The zero-order valence-electron chi connectivity index (χ0n) is 14.7. The van der Waals surface area contributed by atoms with Crippen LogP contribution in [0.25, 0.3) is 0 Å². The van der Waals surface area contributed by atoms with Crippen molar-refractivity contribution in [2.75, 3.05) is 33.3 Å². The lowest BCUT2D eigenvalue weighted by molar-refractivity contribution is 0.0959. The van der Waals surface area contributed by atoms with E-state index in [4.69, 9.17) is 9.47 Å². The number of rotatable bonds is 6. The molecule has 6 heteroatoms. The second-order valence-corrected chi connectivity index (χ2v) is 6.09. The summed E-state index contributed by atoms with van der Waals surface area (Å²) < 4.78 is 10.8. The SMILES string of the molecule is COc1cccc(C(=O)NC(=NCCN2CCCC2)OC(C)C)c1. The lowest BCUT2D eigenvalue weighted by Gasteiger charge is -2.15. The van der Waals surface area contributed by atoms with Gasteiger partial charge in [-0.05, 0) is 58.0 Å². The van der Waals surface area contributed by atoms with E-state index in [0.717, 1.165) is 19.6 Å². The minimum Gasteiger partial charge on any atom is -0.497 e. The molecule has 1 N–H and O–H groups in total. The van der Waals surface area contributed by atoms with Crippen LogP contribution in [0, 0.1) is 0 Å². The smallest absolute Gasteiger partial charge is 0.291 e. The van der Waals surface area contributed by atoms with Gasteiger partial charge in [-0.3, -0.25) is 10.1 Å². The van der Waals surface area contributed by atoms with Crippen LogP contribution in [-0.2, 0) is 4.74 Å². The summed E-state index contributed by atoms with van der Waals surface area (Å²) in [5.41, 5.74) is 0.508. The van der Waals surface area contributed by atoms with Crippen LogP contribution < -0.4 is 10.1 Å². The first-order valence-corrected chi connectivity index (χ1v) is 8.47. The van der Waals surface area contributed by atoms with Crippen LogP contribution in [0.2, 0.25) is 0 Å². The molecule has 1 aliphatic rings. The Kier molecular flexibility index (Phi) is 7.06. The van der Waals surface area contributed by atoms with Crippen LogP contribution >= 0.6 is 0 Å². The van der Waals surface area contributed by atoms with E-state index in [9.17, 15) is 4.79 Å². The Morgan fingerprint density at radius 2 is 2.08 bits per heavy atom. The molecule has 1 heterocycles. The Morgan fingerprint density at radius 3 is 2.75 bits per heavy atom. The Morgan fingerprint density at radius 1 is 1.33 bits per heavy atom. The summed E-state index contributed by atoms with van der Waals surface area (Å²) in [5, 5.41) is 2.76. The number of hydrogen-bond acceptors (Lipinski definition) is 5. The summed E-state index contributed by atoms with van der Waals surface area (Å²) in [6.45, 7) is 7.58. The van der Waals surface area contributed by atoms with Crippen LogP contribution in [0.4, 0.5) is 0 Å². The van der Waals surface area contributed by atoms with Gasteiger partial charge in [-0.25, -0.2) is 4.99 Å². The molecule has 0 bridgehead atoms. The molecule has 6 nitrogen and oxygen atoms in total. The Labute approximate surface area is 143 Å². The van der Waals surface area contributed by atoms with Crippen LogP contribution in [0.5, 0.6) is 5.75 Å². The summed E-state index contributed by atoms with van der Waals surface area (Å²) in [4.78, 5) is 19.2. The molecule has 1 saturated heterocycles. The maximum atomic E-state index is 12.4. The predicted octanol–water partition coefficient (Wildman–Crippen LogP) is 2.30. The van der Waals surface area contributed by atoms with Crippen molar-refractivity contribution in [3.63, 3.8) is 0 Å². The molecule has 132 valence electrons. The number of benzene rings is 1. The predicted molar refractivity (Wildman–Crippen MR) is 94.7 cm³/mol. The molecule has 0 saturated carbocycles. The lowest BCUT2D eigenvalue weighted by Crippen LogP contribution is -2.35. The fraction of sp³-hybridized carbons (Fsp3) is 0.556. The van der Waals surface area contributed by atoms with E-state index in [0.29, 0.717) is 17.9 Å². The van der Waals surface area contributed by atoms with Gasteiger partial charge in [0.25, 0.3) is 11.9 Å². The van der Waals surface area contributed by atoms with Gasteiger partial charge in [0.1, 0.15) is 5.75 Å². The average Bonchev–Trinajstić information content (AvgIpc) is 3.07. The van der Waals surface area contributed by atoms with Crippen molar-refractivity contribution in [1.29, 1.82) is 0 Å². The first-order chi connectivity index (χ1) is 11.6. The molecule has 0 aromatic heterocycles. The third-order valence-electron chi connectivity index (χ3n) is 3.77. The standard InChI is InChI=1S/C18H27N3O3/c1-14(2)24-18(19-9-12-21-10-4-5-11-21)20-17(22)15-7-6-8-16(13-15)23-3/h6-8,13-14H,4-5,9-12H2,1-3H3,(H,19,20,22). The summed E-state index contributed by atoms with van der Waals surface area (Å²) >= 11 is 0. The molecule has 1 aromatic carbocycles. The largest absolute Gasteiger partial charge is 0.497 e. The van der Waals surface area contributed by atoms with E-state index in [1.54, 1.807) is 31.4 Å². The molecule has 0 unspecified atom stereocenters. The van der Waals surface area contributed by atoms with Gasteiger partial charge in [-0.1, -0.05) is 6.07 Å². The van der Waals surface area contributed by atoms with Gasteiger partial charge in [-0.15, -0.1) is 0 Å². The van der Waals surface area contributed by atoms with Crippen LogP contribution in [-0.4, -0.2) is 56.2 Å². The van der Waals surface area contributed by atoms with Crippen LogP contribution in [0.1, 0.15) is 37.0 Å². The van der Waals surface area contributed by atoms with Crippen molar-refractivity contribution < 1.29 is 14.3 Å². The van der Waals surface area contributed by atoms with E-state index >= 15 is 0 Å². The Balaban J connectivity index is 1.96. The van der Waals surface area contributed by atoms with Crippen molar-refractivity contribution in [1.82, 2.24) is 10.2 Å². The molecule has 1 amide bonds. The van der Waals surface area contributed by atoms with Crippen molar-refractivity contribution in [2.24, 2.45) is 4.99 Å². The number of nitrogens with zero attached hydrogens (tertiary/aromatic N) is 2. The second-order valence-electron chi connectivity index (χ2n) is 6.09. The quantitative estimate of drug-likeness (QED) is 0.641. The van der Waals surface area contributed by atoms with Crippen molar-refractivity contribution in [3.8, 4) is 5.75 Å². The number of aliphatic imine (C=N–C) groups is 1. The molecular formula is C18H27N3O3. The molecule has 1 aromatic rings. The van der Waals surface area contributed by atoms with E-state index in [1.807, 2.05) is 13.8 Å². The molecule has 1 aliphatic heterocycles. The number of carbonyl (C=O) groups excluding carboxylic acids is 1. The number of likely N-dealkylation sites (tertiary alicyclic amines) is 1. The molecule has 0 atom stereocenters. The molecule has 0 aliphatic carbocycles. The Bertz CT molecular complexity index is 566. The minimum absolute atomic E-state index is 0.0545. The number of amidine groups is 1. The third-order valence-corrected chi connectivity index (χ3v) is 3.77. The molecule has 0 radical (unpaired) electrons. The first kappa shape index (κ1) is 18.3. The lowest BCUT2D eigenvalue weighted by atomic mass is 10.2. The van der Waals surface area contributed by atoms with E-state index in [-0.39, 0.29) is 18.0 Å².